The summed E-state index contributed by atoms with van der Waals surface area (Å²) in [4.78, 5) is 0. The molecule has 16 heavy (non-hydrogen) atoms. The molecule has 0 aromatic heterocycles. The number of benzene rings is 1. The van der Waals surface area contributed by atoms with Crippen molar-refractivity contribution in [3.63, 3.8) is 0 Å². The van der Waals surface area contributed by atoms with Crippen LogP contribution in [0.15, 0.2) is 18.2 Å². The van der Waals surface area contributed by atoms with E-state index in [1.54, 1.807) is 19.2 Å². The molecule has 0 saturated heterocycles. The molecule has 0 aliphatic rings. The second kappa shape index (κ2) is 6.38. The summed E-state index contributed by atoms with van der Waals surface area (Å²) in [5.41, 5.74) is 1.01. The summed E-state index contributed by atoms with van der Waals surface area (Å²) in [6.45, 7) is 5.63. The molecule has 1 rings (SSSR count). The number of phenolic OH excluding ortho intramolecular Hbond substituents is 1. The third-order valence-corrected chi connectivity index (χ3v) is 2.61. The second-order valence-corrected chi connectivity index (χ2v) is 4.03. The third kappa shape index (κ3) is 3.74. The van der Waals surface area contributed by atoms with E-state index in [9.17, 15) is 5.11 Å². The van der Waals surface area contributed by atoms with Crippen LogP contribution in [0.1, 0.15) is 25.8 Å². The first kappa shape index (κ1) is 12.8. The van der Waals surface area contributed by atoms with Crippen molar-refractivity contribution in [2.75, 3.05) is 13.7 Å². The Hall–Kier alpha value is -1.22. The van der Waals surface area contributed by atoms with E-state index in [4.69, 9.17) is 9.47 Å². The molecule has 0 heterocycles. The van der Waals surface area contributed by atoms with Gasteiger partial charge in [-0.25, -0.2) is 0 Å². The number of rotatable bonds is 6. The maximum Gasteiger partial charge on any atom is 0.160 e. The lowest BCUT2D eigenvalue weighted by Gasteiger charge is -2.10. The van der Waals surface area contributed by atoms with Gasteiger partial charge < -0.3 is 14.6 Å². The van der Waals surface area contributed by atoms with Gasteiger partial charge in [-0.3, -0.25) is 0 Å². The molecule has 1 unspecified atom stereocenters. The minimum absolute atomic E-state index is 0.160. The number of ether oxygens (including phenoxy) is 2. The highest BCUT2D eigenvalue weighted by Gasteiger charge is 2.03. The van der Waals surface area contributed by atoms with Crippen molar-refractivity contribution in [1.29, 1.82) is 0 Å². The third-order valence-electron chi connectivity index (χ3n) is 2.61. The van der Waals surface area contributed by atoms with Crippen molar-refractivity contribution in [1.82, 2.24) is 0 Å². The molecule has 0 aliphatic heterocycles. The Morgan fingerprint density at radius 1 is 1.38 bits per heavy atom. The topological polar surface area (TPSA) is 38.7 Å². The zero-order chi connectivity index (χ0) is 12.0. The molecular formula is C13H20O3. The molecule has 0 amide bonds. The molecule has 1 aromatic rings. The summed E-state index contributed by atoms with van der Waals surface area (Å²) in [5, 5.41) is 9.42. The van der Waals surface area contributed by atoms with Crippen LogP contribution in [0.25, 0.3) is 0 Å². The molecule has 0 radical (unpaired) electrons. The lowest BCUT2D eigenvalue weighted by Crippen LogP contribution is -2.04. The van der Waals surface area contributed by atoms with Gasteiger partial charge in [0.25, 0.3) is 0 Å². The molecule has 0 aliphatic carbocycles. The Bertz CT molecular complexity index is 323. The maximum atomic E-state index is 9.42. The van der Waals surface area contributed by atoms with Crippen molar-refractivity contribution in [2.45, 2.75) is 26.9 Å². The number of phenols is 1. The Labute approximate surface area is 97.0 Å². The van der Waals surface area contributed by atoms with Crippen molar-refractivity contribution < 1.29 is 14.6 Å². The van der Waals surface area contributed by atoms with Gasteiger partial charge in [0.05, 0.1) is 13.7 Å². The maximum absolute atomic E-state index is 9.42. The summed E-state index contributed by atoms with van der Waals surface area (Å²) in [6.07, 6.45) is 1.12. The Morgan fingerprint density at radius 2 is 2.12 bits per heavy atom. The van der Waals surface area contributed by atoms with Crippen LogP contribution in [0, 0.1) is 5.92 Å². The van der Waals surface area contributed by atoms with E-state index in [1.165, 1.54) is 0 Å². The van der Waals surface area contributed by atoms with E-state index in [-0.39, 0.29) is 5.75 Å². The van der Waals surface area contributed by atoms with Gasteiger partial charge in [0, 0.05) is 6.61 Å². The monoisotopic (exact) mass is 224 g/mol. The Morgan fingerprint density at radius 3 is 2.75 bits per heavy atom. The van der Waals surface area contributed by atoms with E-state index < -0.39 is 0 Å². The SMILES string of the molecule is CCC(C)COCc1ccc(O)c(OC)c1. The molecule has 90 valence electrons. The van der Waals surface area contributed by atoms with E-state index in [0.717, 1.165) is 18.6 Å². The largest absolute Gasteiger partial charge is 0.504 e. The van der Waals surface area contributed by atoms with Crippen molar-refractivity contribution >= 4 is 0 Å². The smallest absolute Gasteiger partial charge is 0.160 e. The van der Waals surface area contributed by atoms with Gasteiger partial charge in [-0.05, 0) is 23.6 Å². The predicted octanol–water partition coefficient (Wildman–Crippen LogP) is 2.96. The van der Waals surface area contributed by atoms with E-state index >= 15 is 0 Å². The van der Waals surface area contributed by atoms with Crippen LogP contribution in [0.2, 0.25) is 0 Å². The Kier molecular flexibility index (Phi) is 5.12. The van der Waals surface area contributed by atoms with Crippen LogP contribution >= 0.6 is 0 Å². The molecule has 3 heteroatoms. The number of hydrogen-bond acceptors (Lipinski definition) is 3. The summed E-state index contributed by atoms with van der Waals surface area (Å²) in [5.74, 6) is 1.23. The van der Waals surface area contributed by atoms with Crippen molar-refractivity contribution in [3.8, 4) is 11.5 Å². The highest BCUT2D eigenvalue weighted by molar-refractivity contribution is 5.41. The molecular weight excluding hydrogens is 204 g/mol. The number of aromatic hydroxyl groups is 1. The van der Waals surface area contributed by atoms with Crippen molar-refractivity contribution in [2.24, 2.45) is 5.92 Å². The molecule has 1 atom stereocenters. The highest BCUT2D eigenvalue weighted by atomic mass is 16.5. The van der Waals surface area contributed by atoms with Gasteiger partial charge in [0.1, 0.15) is 0 Å². The van der Waals surface area contributed by atoms with E-state index in [1.807, 2.05) is 6.07 Å². The molecule has 0 spiro atoms. The van der Waals surface area contributed by atoms with Crippen LogP contribution < -0.4 is 4.74 Å². The molecule has 0 saturated carbocycles. The average molecular weight is 224 g/mol. The van der Waals surface area contributed by atoms with Crippen molar-refractivity contribution in [3.05, 3.63) is 23.8 Å². The molecule has 0 bridgehead atoms. The lowest BCUT2D eigenvalue weighted by molar-refractivity contribution is 0.0909. The van der Waals surface area contributed by atoms with Crippen LogP contribution in [-0.4, -0.2) is 18.8 Å². The van der Waals surface area contributed by atoms with Gasteiger partial charge in [0.2, 0.25) is 0 Å². The van der Waals surface area contributed by atoms with Gasteiger partial charge in [-0.1, -0.05) is 26.3 Å². The fourth-order valence-electron chi connectivity index (χ4n) is 1.31. The van der Waals surface area contributed by atoms with Gasteiger partial charge in [-0.15, -0.1) is 0 Å². The summed E-state index contributed by atoms with van der Waals surface area (Å²) < 4.78 is 10.6. The van der Waals surface area contributed by atoms with Crippen LogP contribution in [-0.2, 0) is 11.3 Å². The highest BCUT2D eigenvalue weighted by Crippen LogP contribution is 2.26. The zero-order valence-corrected chi connectivity index (χ0v) is 10.2. The summed E-state index contributed by atoms with van der Waals surface area (Å²) in [7, 11) is 1.54. The Balaban J connectivity index is 2.48. The molecule has 1 N–H and O–H groups in total. The minimum atomic E-state index is 0.160. The standard InChI is InChI=1S/C13H20O3/c1-4-10(2)8-16-9-11-5-6-12(14)13(7-11)15-3/h5-7,10,14H,4,8-9H2,1-3H3. The lowest BCUT2D eigenvalue weighted by atomic mass is 10.1. The minimum Gasteiger partial charge on any atom is -0.504 e. The van der Waals surface area contributed by atoms with Crippen LogP contribution in [0.4, 0.5) is 0 Å². The quantitative estimate of drug-likeness (QED) is 0.807. The first-order valence-corrected chi connectivity index (χ1v) is 5.61. The first-order valence-electron chi connectivity index (χ1n) is 5.61. The predicted molar refractivity (Wildman–Crippen MR) is 63.8 cm³/mol. The van der Waals surface area contributed by atoms with Gasteiger partial charge in [0.15, 0.2) is 11.5 Å². The molecule has 0 fully saturated rings. The van der Waals surface area contributed by atoms with Gasteiger partial charge >= 0.3 is 0 Å². The van der Waals surface area contributed by atoms with Crippen LogP contribution in [0.3, 0.4) is 0 Å². The van der Waals surface area contributed by atoms with E-state index in [2.05, 4.69) is 13.8 Å². The van der Waals surface area contributed by atoms with Gasteiger partial charge in [-0.2, -0.15) is 0 Å². The fourth-order valence-corrected chi connectivity index (χ4v) is 1.31. The number of methoxy groups -OCH3 is 1. The second-order valence-electron chi connectivity index (χ2n) is 4.03. The first-order chi connectivity index (χ1) is 7.67. The fraction of sp³-hybridized carbons (Fsp3) is 0.538. The number of hydrogen-bond donors (Lipinski definition) is 1. The zero-order valence-electron chi connectivity index (χ0n) is 10.2. The summed E-state index contributed by atoms with van der Waals surface area (Å²) >= 11 is 0. The molecule has 3 nitrogen and oxygen atoms in total. The normalized spacial score (nSPS) is 12.4. The molecule has 1 aromatic carbocycles. The summed E-state index contributed by atoms with van der Waals surface area (Å²) in [6, 6.07) is 5.27. The average Bonchev–Trinajstić information content (AvgIpc) is 2.31. The van der Waals surface area contributed by atoms with E-state index in [0.29, 0.717) is 18.3 Å². The van der Waals surface area contributed by atoms with Crippen LogP contribution in [0.5, 0.6) is 11.5 Å².